The first-order valence-corrected chi connectivity index (χ1v) is 7.22. The number of aromatic carboxylic acids is 1. The number of thiophene rings is 1. The fourth-order valence-electron chi connectivity index (χ4n) is 2.04. The molecule has 0 unspecified atom stereocenters. The van der Waals surface area contributed by atoms with Gasteiger partial charge in [-0.05, 0) is 29.5 Å². The van der Waals surface area contributed by atoms with E-state index in [1.165, 1.54) is 12.3 Å². The summed E-state index contributed by atoms with van der Waals surface area (Å²) < 4.78 is 1.64. The third-order valence-electron chi connectivity index (χ3n) is 3.04. The number of aromatic nitrogens is 3. The molecule has 0 radical (unpaired) electrons. The second kappa shape index (κ2) is 4.88. The molecule has 0 fully saturated rings. The van der Waals surface area contributed by atoms with Gasteiger partial charge in [0.05, 0.1) is 15.5 Å². The van der Waals surface area contributed by atoms with Crippen LogP contribution in [0.5, 0.6) is 0 Å². The lowest BCUT2D eigenvalue weighted by atomic mass is 10.2. The van der Waals surface area contributed by atoms with Gasteiger partial charge in [0, 0.05) is 6.20 Å². The maximum atomic E-state index is 11.1. The Morgan fingerprint density at radius 1 is 1.50 bits per heavy atom. The number of rotatable bonds is 3. The molecule has 0 aromatic carbocycles. The summed E-state index contributed by atoms with van der Waals surface area (Å²) in [7, 11) is 0. The molecular weight excluding hydrogens is 298 g/mol. The first-order chi connectivity index (χ1) is 9.61. The van der Waals surface area contributed by atoms with E-state index in [1.54, 1.807) is 15.7 Å². The van der Waals surface area contributed by atoms with Gasteiger partial charge in [-0.2, -0.15) is 0 Å². The molecule has 102 valence electrons. The summed E-state index contributed by atoms with van der Waals surface area (Å²) in [5.74, 6) is -0.410. The summed E-state index contributed by atoms with van der Waals surface area (Å²) in [4.78, 5) is 12.1. The van der Waals surface area contributed by atoms with Crippen LogP contribution in [0.3, 0.4) is 0 Å². The van der Waals surface area contributed by atoms with Crippen molar-refractivity contribution in [2.24, 2.45) is 0 Å². The summed E-state index contributed by atoms with van der Waals surface area (Å²) in [6, 6.07) is 3.41. The first kappa shape index (κ1) is 13.1. The van der Waals surface area contributed by atoms with Crippen LogP contribution in [0.2, 0.25) is 5.02 Å². The van der Waals surface area contributed by atoms with Crippen molar-refractivity contribution in [3.05, 3.63) is 39.9 Å². The maximum Gasteiger partial charge on any atom is 0.337 e. The third-order valence-corrected chi connectivity index (χ3v) is 4.27. The summed E-state index contributed by atoms with van der Waals surface area (Å²) in [5.41, 5.74) is 1.72. The number of aryl methyl sites for hydroxylation is 1. The number of hydrogen-bond donors (Lipinski definition) is 1. The van der Waals surface area contributed by atoms with Crippen molar-refractivity contribution in [2.75, 3.05) is 0 Å². The topological polar surface area (TPSA) is 67.5 Å². The minimum absolute atomic E-state index is 0.109. The molecule has 3 aromatic heterocycles. The fraction of sp³-hybridized carbons (Fsp3) is 0.154. The third kappa shape index (κ3) is 1.97. The van der Waals surface area contributed by atoms with Crippen LogP contribution in [0.15, 0.2) is 23.7 Å². The van der Waals surface area contributed by atoms with E-state index in [9.17, 15) is 4.79 Å². The lowest BCUT2D eigenvalue weighted by Crippen LogP contribution is -2.00. The number of fused-ring (bicyclic) bond motifs is 1. The van der Waals surface area contributed by atoms with E-state index in [4.69, 9.17) is 16.7 Å². The smallest absolute Gasteiger partial charge is 0.337 e. The molecule has 0 aliphatic carbocycles. The molecule has 3 aromatic rings. The number of carboxylic acid groups (broad SMARTS) is 1. The number of carbonyl (C=O) groups is 1. The van der Waals surface area contributed by atoms with Crippen molar-refractivity contribution in [1.29, 1.82) is 0 Å². The molecule has 0 saturated carbocycles. The molecule has 0 spiro atoms. The molecule has 3 rings (SSSR count). The molecule has 1 N–H and O–H groups in total. The van der Waals surface area contributed by atoms with Gasteiger partial charge in [-0.25, -0.2) is 4.79 Å². The average Bonchev–Trinajstić information content (AvgIpc) is 3.03. The summed E-state index contributed by atoms with van der Waals surface area (Å²) in [6.07, 6.45) is 2.37. The van der Waals surface area contributed by atoms with Crippen molar-refractivity contribution < 1.29 is 9.90 Å². The van der Waals surface area contributed by atoms with Gasteiger partial charge in [0.2, 0.25) is 0 Å². The number of pyridine rings is 1. The Morgan fingerprint density at radius 3 is 3.00 bits per heavy atom. The zero-order valence-electron chi connectivity index (χ0n) is 10.5. The quantitative estimate of drug-likeness (QED) is 0.805. The highest BCUT2D eigenvalue weighted by molar-refractivity contribution is 7.13. The molecule has 7 heteroatoms. The first-order valence-electron chi connectivity index (χ1n) is 5.96. The highest BCUT2D eigenvalue weighted by Gasteiger charge is 2.17. The second-order valence-corrected chi connectivity index (χ2v) is 5.55. The number of nitrogens with zero attached hydrogens (tertiary/aromatic N) is 3. The number of halogens is 1. The van der Waals surface area contributed by atoms with Gasteiger partial charge in [-0.3, -0.25) is 4.40 Å². The SMILES string of the molecule is CCc1ccsc1-c1nnc2c(Cl)cc(C(=O)O)cn12. The van der Waals surface area contributed by atoms with Crippen LogP contribution in [0.4, 0.5) is 0 Å². The van der Waals surface area contributed by atoms with Gasteiger partial charge in [0.15, 0.2) is 11.5 Å². The molecule has 0 saturated heterocycles. The highest BCUT2D eigenvalue weighted by Crippen LogP contribution is 2.30. The van der Waals surface area contributed by atoms with Gasteiger partial charge in [0.1, 0.15) is 0 Å². The van der Waals surface area contributed by atoms with Crippen molar-refractivity contribution in [1.82, 2.24) is 14.6 Å². The Bertz CT molecular complexity index is 809. The monoisotopic (exact) mass is 307 g/mol. The van der Waals surface area contributed by atoms with Crippen LogP contribution in [0.1, 0.15) is 22.8 Å². The fourth-order valence-corrected chi connectivity index (χ4v) is 3.26. The van der Waals surface area contributed by atoms with E-state index in [-0.39, 0.29) is 10.6 Å². The molecule has 3 heterocycles. The molecule has 0 aliphatic heterocycles. The molecule has 0 atom stereocenters. The predicted molar refractivity (Wildman–Crippen MR) is 77.6 cm³/mol. The van der Waals surface area contributed by atoms with E-state index in [0.29, 0.717) is 11.5 Å². The maximum absolute atomic E-state index is 11.1. The lowest BCUT2D eigenvalue weighted by Gasteiger charge is -2.03. The summed E-state index contributed by atoms with van der Waals surface area (Å²) >= 11 is 7.62. The zero-order chi connectivity index (χ0) is 14.3. The van der Waals surface area contributed by atoms with E-state index in [0.717, 1.165) is 16.9 Å². The zero-order valence-corrected chi connectivity index (χ0v) is 12.1. The van der Waals surface area contributed by atoms with E-state index < -0.39 is 5.97 Å². The Kier molecular flexibility index (Phi) is 3.19. The molecule has 0 amide bonds. The predicted octanol–water partition coefficient (Wildman–Crippen LogP) is 3.37. The normalized spacial score (nSPS) is 11.1. The van der Waals surface area contributed by atoms with Gasteiger partial charge in [-0.15, -0.1) is 21.5 Å². The summed E-state index contributed by atoms with van der Waals surface area (Å²) in [5, 5.41) is 19.6. The van der Waals surface area contributed by atoms with Crippen LogP contribution < -0.4 is 0 Å². The molecule has 0 aliphatic rings. The van der Waals surface area contributed by atoms with E-state index in [2.05, 4.69) is 17.1 Å². The van der Waals surface area contributed by atoms with E-state index >= 15 is 0 Å². The Morgan fingerprint density at radius 2 is 2.30 bits per heavy atom. The highest BCUT2D eigenvalue weighted by atomic mass is 35.5. The Balaban J connectivity index is 2.30. The minimum atomic E-state index is -1.03. The average molecular weight is 308 g/mol. The van der Waals surface area contributed by atoms with Gasteiger partial charge in [-0.1, -0.05) is 18.5 Å². The van der Waals surface area contributed by atoms with Gasteiger partial charge in [0.25, 0.3) is 0 Å². The van der Waals surface area contributed by atoms with Crippen LogP contribution in [0, 0.1) is 0 Å². The Hall–Kier alpha value is -1.92. The van der Waals surface area contributed by atoms with Crippen molar-refractivity contribution in [3.8, 4) is 10.7 Å². The number of hydrogen-bond acceptors (Lipinski definition) is 4. The lowest BCUT2D eigenvalue weighted by molar-refractivity contribution is 0.0696. The van der Waals surface area contributed by atoms with Crippen LogP contribution in [0.25, 0.3) is 16.3 Å². The molecule has 5 nitrogen and oxygen atoms in total. The van der Waals surface area contributed by atoms with Crippen LogP contribution in [-0.2, 0) is 6.42 Å². The molecule has 20 heavy (non-hydrogen) atoms. The van der Waals surface area contributed by atoms with Gasteiger partial charge < -0.3 is 5.11 Å². The van der Waals surface area contributed by atoms with Crippen LogP contribution >= 0.6 is 22.9 Å². The Labute approximate surface area is 123 Å². The number of carboxylic acids is 1. The standard InChI is InChI=1S/C13H10ClN3O2S/c1-2-7-3-4-20-10(7)12-16-15-11-9(14)5-8(13(18)19)6-17(11)12/h3-6H,2H2,1H3,(H,18,19). The van der Waals surface area contributed by atoms with Crippen molar-refractivity contribution >= 4 is 34.6 Å². The van der Waals surface area contributed by atoms with Gasteiger partial charge >= 0.3 is 5.97 Å². The molecular formula is C13H10ClN3O2S. The minimum Gasteiger partial charge on any atom is -0.478 e. The van der Waals surface area contributed by atoms with Crippen LogP contribution in [-0.4, -0.2) is 25.7 Å². The second-order valence-electron chi connectivity index (χ2n) is 4.23. The van der Waals surface area contributed by atoms with Crippen molar-refractivity contribution in [2.45, 2.75) is 13.3 Å². The van der Waals surface area contributed by atoms with Crippen molar-refractivity contribution in [3.63, 3.8) is 0 Å². The molecule has 0 bridgehead atoms. The largest absolute Gasteiger partial charge is 0.478 e. The summed E-state index contributed by atoms with van der Waals surface area (Å²) in [6.45, 7) is 2.06. The van der Waals surface area contributed by atoms with E-state index in [1.807, 2.05) is 11.4 Å².